The van der Waals surface area contributed by atoms with Crippen LogP contribution < -0.4 is 0 Å². The lowest BCUT2D eigenvalue weighted by Crippen LogP contribution is -2.08. The summed E-state index contributed by atoms with van der Waals surface area (Å²) in [4.78, 5) is 0. The number of halogens is 4. The van der Waals surface area contributed by atoms with Crippen LogP contribution in [0.4, 0.5) is 0 Å². The Hall–Kier alpha value is -2.06. The zero-order valence-electron chi connectivity index (χ0n) is 23.3. The van der Waals surface area contributed by atoms with Crippen molar-refractivity contribution >= 4 is 46.4 Å². The Kier molecular flexibility index (Phi) is 14.2. The molecule has 224 valence electrons. The average Bonchev–Trinajstić information content (AvgIpc) is 3.33. The lowest BCUT2D eigenvalue weighted by Gasteiger charge is -2.07. The zero-order chi connectivity index (χ0) is 29.4. The molecule has 0 aliphatic heterocycles. The fraction of sp³-hybridized carbons (Fsp3) is 0.419. The van der Waals surface area contributed by atoms with Gasteiger partial charge in [-0.25, -0.2) is 0 Å². The van der Waals surface area contributed by atoms with E-state index in [9.17, 15) is 0 Å². The standard InChI is InChI=1S/2C15H18Cl2N2O.CH4/c1-3-15-14(10(2)19(18-15)4-5-20)8-11-6-12(16)9-13(17)7-11;1-3-15-14(10(2)18-19(15)4-5-20)8-11-6-12(16)9-13(17)7-11;/h2*6-7,9,20H,3-5,8H2,1-2H3;1H4. The second-order valence-electron chi connectivity index (χ2n) is 9.53. The van der Waals surface area contributed by atoms with Crippen LogP contribution in [0.3, 0.4) is 0 Å². The van der Waals surface area contributed by atoms with Gasteiger partial charge in [0.05, 0.1) is 37.7 Å². The van der Waals surface area contributed by atoms with Gasteiger partial charge < -0.3 is 10.2 Å². The molecule has 2 N–H and O–H groups in total. The van der Waals surface area contributed by atoms with E-state index < -0.39 is 0 Å². The quantitative estimate of drug-likeness (QED) is 0.184. The number of rotatable bonds is 10. The number of aromatic nitrogens is 4. The Bertz CT molecular complexity index is 1340. The maximum absolute atomic E-state index is 9.11. The van der Waals surface area contributed by atoms with E-state index in [1.165, 1.54) is 11.1 Å². The van der Waals surface area contributed by atoms with Gasteiger partial charge in [-0.15, -0.1) is 0 Å². The van der Waals surface area contributed by atoms with Crippen molar-refractivity contribution in [3.63, 3.8) is 0 Å². The molecular formula is C31H40Cl4N4O2. The summed E-state index contributed by atoms with van der Waals surface area (Å²) in [5.74, 6) is 0. The largest absolute Gasteiger partial charge is 0.394 e. The minimum absolute atomic E-state index is 0. The van der Waals surface area contributed by atoms with Gasteiger partial charge in [-0.05, 0) is 74.2 Å². The smallest absolute Gasteiger partial charge is 0.0660 e. The summed E-state index contributed by atoms with van der Waals surface area (Å²) >= 11 is 24.2. The SMILES string of the molecule is C.CCc1c(Cc2cc(Cl)cc(Cl)c2)c(C)nn1CCO.CCc1nn(CCO)c(C)c1Cc1cc(Cl)cc(Cl)c1. The summed E-state index contributed by atoms with van der Waals surface area (Å²) in [6.45, 7) is 9.44. The fourth-order valence-corrected chi connectivity index (χ4v) is 6.02. The highest BCUT2D eigenvalue weighted by molar-refractivity contribution is 6.35. The maximum atomic E-state index is 9.11. The topological polar surface area (TPSA) is 76.1 Å². The highest BCUT2D eigenvalue weighted by Crippen LogP contribution is 2.25. The third-order valence-corrected chi connectivity index (χ3v) is 7.55. The first kappa shape index (κ1) is 35.1. The number of hydrogen-bond acceptors (Lipinski definition) is 4. The van der Waals surface area contributed by atoms with E-state index >= 15 is 0 Å². The molecular weight excluding hydrogens is 602 g/mol. The molecule has 10 heteroatoms. The number of nitrogens with zero attached hydrogens (tertiary/aromatic N) is 4. The molecule has 0 atom stereocenters. The van der Waals surface area contributed by atoms with Gasteiger partial charge in [0.15, 0.2) is 0 Å². The summed E-state index contributed by atoms with van der Waals surface area (Å²) in [7, 11) is 0. The highest BCUT2D eigenvalue weighted by Gasteiger charge is 2.15. The molecule has 2 aromatic carbocycles. The molecule has 0 spiro atoms. The van der Waals surface area contributed by atoms with Crippen LogP contribution in [-0.4, -0.2) is 43.0 Å². The van der Waals surface area contributed by atoms with Crippen LogP contribution in [0.15, 0.2) is 36.4 Å². The Labute approximate surface area is 263 Å². The summed E-state index contributed by atoms with van der Waals surface area (Å²) in [5.41, 5.74) is 8.84. The predicted octanol–water partition coefficient (Wildman–Crippen LogP) is 7.92. The van der Waals surface area contributed by atoms with Gasteiger partial charge in [0.2, 0.25) is 0 Å². The molecule has 0 amide bonds. The lowest BCUT2D eigenvalue weighted by molar-refractivity contribution is 0.267. The van der Waals surface area contributed by atoms with Gasteiger partial charge in [-0.2, -0.15) is 10.2 Å². The average molecular weight is 642 g/mol. The van der Waals surface area contributed by atoms with Crippen LogP contribution >= 0.6 is 46.4 Å². The number of aryl methyl sites for hydroxylation is 2. The van der Waals surface area contributed by atoms with Crippen LogP contribution in [0.1, 0.15) is 66.3 Å². The van der Waals surface area contributed by atoms with Crippen molar-refractivity contribution < 1.29 is 10.2 Å². The monoisotopic (exact) mass is 640 g/mol. The van der Waals surface area contributed by atoms with Crippen LogP contribution in [0, 0.1) is 13.8 Å². The van der Waals surface area contributed by atoms with Gasteiger partial charge in [-0.3, -0.25) is 9.36 Å². The van der Waals surface area contributed by atoms with Crippen molar-refractivity contribution in [1.82, 2.24) is 19.6 Å². The Morgan fingerprint density at radius 2 is 1.12 bits per heavy atom. The first-order chi connectivity index (χ1) is 19.1. The Morgan fingerprint density at radius 1 is 0.659 bits per heavy atom. The molecule has 4 rings (SSSR count). The normalized spacial score (nSPS) is 10.8. The molecule has 6 nitrogen and oxygen atoms in total. The lowest BCUT2D eigenvalue weighted by atomic mass is 10.0. The molecule has 0 unspecified atom stereocenters. The molecule has 0 radical (unpaired) electrons. The first-order valence-electron chi connectivity index (χ1n) is 13.3. The summed E-state index contributed by atoms with van der Waals surface area (Å²) in [6.07, 6.45) is 3.24. The molecule has 0 saturated heterocycles. The van der Waals surface area contributed by atoms with Crippen molar-refractivity contribution in [2.24, 2.45) is 0 Å². The second kappa shape index (κ2) is 16.5. The van der Waals surface area contributed by atoms with Gasteiger partial charge in [0.1, 0.15) is 0 Å². The molecule has 0 saturated carbocycles. The van der Waals surface area contributed by atoms with E-state index in [0.29, 0.717) is 33.2 Å². The van der Waals surface area contributed by atoms with Crippen molar-refractivity contribution in [1.29, 1.82) is 0 Å². The zero-order valence-corrected chi connectivity index (χ0v) is 26.3. The van der Waals surface area contributed by atoms with Gasteiger partial charge in [0.25, 0.3) is 0 Å². The molecule has 0 aliphatic carbocycles. The van der Waals surface area contributed by atoms with Crippen LogP contribution in [0.5, 0.6) is 0 Å². The molecule has 4 aromatic rings. The molecule has 0 fully saturated rings. The Balaban J connectivity index is 0.000000280. The van der Waals surface area contributed by atoms with E-state index in [2.05, 4.69) is 24.0 Å². The number of benzene rings is 2. The van der Waals surface area contributed by atoms with Gasteiger partial charge in [-0.1, -0.05) is 67.7 Å². The van der Waals surface area contributed by atoms with Crippen molar-refractivity contribution in [3.05, 3.63) is 102 Å². The minimum Gasteiger partial charge on any atom is -0.394 e. The number of hydrogen-bond donors (Lipinski definition) is 2. The van der Waals surface area contributed by atoms with E-state index in [1.54, 1.807) is 12.1 Å². The van der Waals surface area contributed by atoms with Crippen LogP contribution in [0.25, 0.3) is 0 Å². The highest BCUT2D eigenvalue weighted by atomic mass is 35.5. The van der Waals surface area contributed by atoms with Crippen molar-refractivity contribution in [2.45, 2.75) is 73.9 Å². The van der Waals surface area contributed by atoms with Gasteiger partial charge in [0, 0.05) is 55.4 Å². The molecule has 0 aliphatic rings. The van der Waals surface area contributed by atoms with Crippen molar-refractivity contribution in [3.8, 4) is 0 Å². The van der Waals surface area contributed by atoms with E-state index in [-0.39, 0.29) is 20.6 Å². The third-order valence-electron chi connectivity index (χ3n) is 6.68. The number of aliphatic hydroxyl groups is 2. The molecule has 41 heavy (non-hydrogen) atoms. The number of aliphatic hydroxyl groups excluding tert-OH is 2. The Morgan fingerprint density at radius 3 is 1.56 bits per heavy atom. The third kappa shape index (κ3) is 9.47. The van der Waals surface area contributed by atoms with Crippen LogP contribution in [-0.2, 0) is 38.8 Å². The maximum Gasteiger partial charge on any atom is 0.0660 e. The van der Waals surface area contributed by atoms with E-state index in [4.69, 9.17) is 56.6 Å². The minimum atomic E-state index is 0. The van der Waals surface area contributed by atoms with E-state index in [0.717, 1.165) is 59.6 Å². The van der Waals surface area contributed by atoms with Crippen molar-refractivity contribution in [2.75, 3.05) is 13.2 Å². The predicted molar refractivity (Wildman–Crippen MR) is 172 cm³/mol. The molecule has 2 heterocycles. The molecule has 2 aromatic heterocycles. The first-order valence-corrected chi connectivity index (χ1v) is 14.8. The van der Waals surface area contributed by atoms with E-state index in [1.807, 2.05) is 47.5 Å². The fourth-order valence-electron chi connectivity index (χ4n) is 4.88. The van der Waals surface area contributed by atoms with Crippen LogP contribution in [0.2, 0.25) is 20.1 Å². The van der Waals surface area contributed by atoms with Gasteiger partial charge >= 0.3 is 0 Å². The molecule has 0 bridgehead atoms. The second-order valence-corrected chi connectivity index (χ2v) is 11.3. The summed E-state index contributed by atoms with van der Waals surface area (Å²) in [6, 6.07) is 11.2. The summed E-state index contributed by atoms with van der Waals surface area (Å²) in [5, 5.41) is 29.8. The summed E-state index contributed by atoms with van der Waals surface area (Å²) < 4.78 is 3.75.